The first kappa shape index (κ1) is 22.0. The van der Waals surface area contributed by atoms with Crippen molar-refractivity contribution >= 4 is 6.09 Å². The Bertz CT molecular complexity index is 957. The van der Waals surface area contributed by atoms with Crippen LogP contribution < -0.4 is 11.4 Å². The maximum absolute atomic E-state index is 12.3. The molecule has 0 radical (unpaired) electrons. The summed E-state index contributed by atoms with van der Waals surface area (Å²) < 4.78 is 10.4. The molecule has 7 heteroatoms. The topological polar surface area (TPSA) is 123 Å². The largest absolute Gasteiger partial charge is 0.446 e. The van der Waals surface area contributed by atoms with Crippen LogP contribution in [0.4, 0.5) is 4.79 Å². The van der Waals surface area contributed by atoms with E-state index in [-0.39, 0.29) is 40.3 Å². The fourth-order valence-corrected chi connectivity index (χ4v) is 8.55. The Hall–Kier alpha value is -1.86. The van der Waals surface area contributed by atoms with E-state index in [4.69, 9.17) is 14.9 Å². The Morgan fingerprint density at radius 3 is 2.44 bits per heavy atom. The molecule has 1 heterocycles. The molecule has 8 atom stereocenters. The summed E-state index contributed by atoms with van der Waals surface area (Å²) >= 11 is 0. The van der Waals surface area contributed by atoms with Gasteiger partial charge in [-0.3, -0.25) is 0 Å². The van der Waals surface area contributed by atoms with Gasteiger partial charge in [0.2, 0.25) is 0 Å². The summed E-state index contributed by atoms with van der Waals surface area (Å²) in [7, 11) is 0. The lowest BCUT2D eigenvalue weighted by atomic mass is 9.42. The molecule has 4 saturated carbocycles. The molecule has 0 unspecified atom stereocenters. The first-order chi connectivity index (χ1) is 15.0. The third kappa shape index (κ3) is 2.86. The Morgan fingerprint density at radius 2 is 1.75 bits per heavy atom. The van der Waals surface area contributed by atoms with Crippen LogP contribution in [-0.4, -0.2) is 33.6 Å². The molecule has 32 heavy (non-hydrogen) atoms. The van der Waals surface area contributed by atoms with Crippen molar-refractivity contribution in [1.29, 1.82) is 0 Å². The van der Waals surface area contributed by atoms with Crippen LogP contribution in [0.1, 0.15) is 83.1 Å². The van der Waals surface area contributed by atoms with Crippen LogP contribution in [0, 0.1) is 22.7 Å². The summed E-state index contributed by atoms with van der Waals surface area (Å²) in [6.07, 6.45) is 7.02. The third-order valence-corrected chi connectivity index (χ3v) is 10.4. The lowest BCUT2D eigenvalue weighted by Gasteiger charge is -2.66. The maximum atomic E-state index is 12.3. The zero-order valence-corrected chi connectivity index (χ0v) is 19.0. The summed E-state index contributed by atoms with van der Waals surface area (Å²) in [6.45, 7) is 4.38. The number of amides is 1. The van der Waals surface area contributed by atoms with Crippen molar-refractivity contribution in [1.82, 2.24) is 0 Å². The van der Waals surface area contributed by atoms with E-state index in [1.165, 1.54) is 6.07 Å². The van der Waals surface area contributed by atoms with Gasteiger partial charge in [0, 0.05) is 17.9 Å². The molecule has 0 bridgehead atoms. The van der Waals surface area contributed by atoms with E-state index in [0.29, 0.717) is 19.3 Å². The summed E-state index contributed by atoms with van der Waals surface area (Å²) in [6, 6.07) is 3.32. The van der Waals surface area contributed by atoms with E-state index >= 15 is 0 Å². The highest BCUT2D eigenvalue weighted by Gasteiger charge is 2.70. The van der Waals surface area contributed by atoms with Gasteiger partial charge < -0.3 is 25.1 Å². The van der Waals surface area contributed by atoms with Gasteiger partial charge in [-0.1, -0.05) is 13.8 Å². The minimum atomic E-state index is -0.919. The second-order valence-electron chi connectivity index (χ2n) is 11.4. The molecule has 5 rings (SSSR count). The number of carbonyl (C=O) groups is 1. The van der Waals surface area contributed by atoms with Gasteiger partial charge in [0.25, 0.3) is 0 Å². The number of hydrogen-bond acceptors (Lipinski definition) is 6. The van der Waals surface area contributed by atoms with E-state index < -0.39 is 17.3 Å². The smallest absolute Gasteiger partial charge is 0.404 e. The molecule has 4 aliphatic carbocycles. The van der Waals surface area contributed by atoms with Gasteiger partial charge in [0.15, 0.2) is 0 Å². The molecule has 176 valence electrons. The van der Waals surface area contributed by atoms with Gasteiger partial charge in [0.05, 0.1) is 17.5 Å². The van der Waals surface area contributed by atoms with Crippen molar-refractivity contribution in [2.24, 2.45) is 28.4 Å². The molecule has 0 saturated heterocycles. The van der Waals surface area contributed by atoms with E-state index in [1.54, 1.807) is 6.26 Å². The molecule has 4 N–H and O–H groups in total. The van der Waals surface area contributed by atoms with Gasteiger partial charge in [-0.15, -0.1) is 0 Å². The first-order valence-corrected chi connectivity index (χ1v) is 12.0. The van der Waals surface area contributed by atoms with Crippen LogP contribution in [0.3, 0.4) is 0 Å². The van der Waals surface area contributed by atoms with Crippen molar-refractivity contribution in [3.05, 3.63) is 34.4 Å². The summed E-state index contributed by atoms with van der Waals surface area (Å²) in [5, 5.41) is 24.0. The number of aliphatic hydroxyl groups is 2. The molecule has 1 aromatic heterocycles. The predicted molar refractivity (Wildman–Crippen MR) is 117 cm³/mol. The van der Waals surface area contributed by atoms with Crippen LogP contribution >= 0.6 is 0 Å². The number of carbonyl (C=O) groups excluding carboxylic acids is 1. The van der Waals surface area contributed by atoms with E-state index in [1.807, 2.05) is 6.07 Å². The lowest BCUT2D eigenvalue weighted by Crippen LogP contribution is -2.67. The Labute approximate surface area is 188 Å². The van der Waals surface area contributed by atoms with Crippen molar-refractivity contribution in [3.8, 4) is 0 Å². The minimum Gasteiger partial charge on any atom is -0.446 e. The van der Waals surface area contributed by atoms with Gasteiger partial charge in [-0.05, 0) is 86.2 Å². The van der Waals surface area contributed by atoms with Crippen LogP contribution in [-0.2, 0) is 4.74 Å². The van der Waals surface area contributed by atoms with Crippen molar-refractivity contribution in [3.63, 3.8) is 0 Å². The van der Waals surface area contributed by atoms with Crippen LogP contribution in [0.5, 0.6) is 0 Å². The molecule has 1 aromatic rings. The summed E-state index contributed by atoms with van der Waals surface area (Å²) in [5.74, 6) is 0.466. The quantitative estimate of drug-likeness (QED) is 0.641. The predicted octanol–water partition coefficient (Wildman–Crippen LogP) is 3.46. The van der Waals surface area contributed by atoms with Crippen molar-refractivity contribution < 1.29 is 24.2 Å². The third-order valence-electron chi connectivity index (χ3n) is 10.4. The molecule has 0 spiro atoms. The molecule has 1 amide bonds. The molecule has 0 aliphatic heterocycles. The molecule has 4 aliphatic rings. The van der Waals surface area contributed by atoms with Crippen molar-refractivity contribution in [2.75, 3.05) is 0 Å². The molecule has 0 aromatic carbocycles. The van der Waals surface area contributed by atoms with Crippen molar-refractivity contribution in [2.45, 2.75) is 94.9 Å². The number of fused-ring (bicyclic) bond motifs is 5. The Kier molecular flexibility index (Phi) is 4.85. The fourth-order valence-electron chi connectivity index (χ4n) is 8.55. The fraction of sp³-hybridized carbons (Fsp3) is 0.760. The average Bonchev–Trinajstić information content (AvgIpc) is 3.00. The highest BCUT2D eigenvalue weighted by atomic mass is 16.6. The monoisotopic (exact) mass is 445 g/mol. The molecular weight excluding hydrogens is 410 g/mol. The number of primary amides is 1. The summed E-state index contributed by atoms with van der Waals surface area (Å²) in [4.78, 5) is 22.7. The molecular formula is C25H35NO6. The van der Waals surface area contributed by atoms with E-state index in [9.17, 15) is 19.8 Å². The second-order valence-corrected chi connectivity index (χ2v) is 11.4. The normalized spacial score (nSPS) is 47.8. The second kappa shape index (κ2) is 7.07. The van der Waals surface area contributed by atoms with Gasteiger partial charge in [-0.2, -0.15) is 0 Å². The van der Waals surface area contributed by atoms with E-state index in [2.05, 4.69) is 13.8 Å². The lowest BCUT2D eigenvalue weighted by molar-refractivity contribution is -0.253. The minimum absolute atomic E-state index is 0.112. The highest BCUT2D eigenvalue weighted by Crippen LogP contribution is 2.71. The van der Waals surface area contributed by atoms with Gasteiger partial charge in [-0.25, -0.2) is 9.59 Å². The van der Waals surface area contributed by atoms with E-state index in [0.717, 1.165) is 44.1 Å². The number of rotatable bonds is 2. The number of nitrogens with two attached hydrogens (primary N) is 1. The zero-order valence-electron chi connectivity index (χ0n) is 19.0. The number of hydrogen-bond donors (Lipinski definition) is 3. The SMILES string of the molecule is C[C@]12CC[C@H](OC(N)=O)C[C@@]1(O)CC[C@@H]1[C@@H]2CC[C@]2(C)[C@@H](c3ccc(=O)oc3)CC[C@]12O. The van der Waals surface area contributed by atoms with Gasteiger partial charge >= 0.3 is 11.7 Å². The van der Waals surface area contributed by atoms with Crippen LogP contribution in [0.2, 0.25) is 0 Å². The zero-order chi connectivity index (χ0) is 22.9. The average molecular weight is 446 g/mol. The van der Waals surface area contributed by atoms with Crippen LogP contribution in [0.15, 0.2) is 27.6 Å². The molecule has 4 fully saturated rings. The highest BCUT2D eigenvalue weighted by molar-refractivity contribution is 5.64. The van der Waals surface area contributed by atoms with Gasteiger partial charge in [0.1, 0.15) is 6.10 Å². The summed E-state index contributed by atoms with van der Waals surface area (Å²) in [5.41, 5.74) is 3.50. The Balaban J connectivity index is 1.44. The Morgan fingerprint density at radius 1 is 1.03 bits per heavy atom. The number of ether oxygens (including phenoxy) is 1. The standard InChI is InChI=1S/C25H35NO6/c1-22-9-5-16(32-21(26)28)13-24(22,29)11-7-19-18(22)6-10-23(2)17(8-12-25(19,23)30)15-3-4-20(27)31-14-15/h3-4,14,16-19,29-30H,5-13H2,1-2H3,(H2,26,28)/t16-,17+,18-,19+,22+,23+,24-,25-/m0/s1. The maximum Gasteiger partial charge on any atom is 0.404 e. The molecule has 7 nitrogen and oxygen atoms in total. The first-order valence-electron chi connectivity index (χ1n) is 12.0. The van der Waals surface area contributed by atoms with Crippen LogP contribution in [0.25, 0.3) is 0 Å².